The maximum atomic E-state index is 10.4. The first-order chi connectivity index (χ1) is 11.5. The summed E-state index contributed by atoms with van der Waals surface area (Å²) < 4.78 is 7.39. The van der Waals surface area contributed by atoms with Crippen molar-refractivity contribution in [3.63, 3.8) is 0 Å². The molecular formula is C14H23N7O3. The highest BCUT2D eigenvalue weighted by Crippen LogP contribution is 2.33. The van der Waals surface area contributed by atoms with E-state index >= 15 is 0 Å². The van der Waals surface area contributed by atoms with Crippen molar-refractivity contribution < 1.29 is 14.9 Å². The average Bonchev–Trinajstić information content (AvgIpc) is 3.10. The summed E-state index contributed by atoms with van der Waals surface area (Å²) in [4.78, 5) is 12.2. The monoisotopic (exact) mass is 337 g/mol. The molecule has 2 aromatic heterocycles. The normalized spacial score (nSPS) is 28.5. The van der Waals surface area contributed by atoms with Gasteiger partial charge in [0.05, 0.1) is 12.4 Å². The molecule has 5 atom stereocenters. The molecule has 0 saturated carbocycles. The molecule has 0 spiro atoms. The van der Waals surface area contributed by atoms with Gasteiger partial charge >= 0.3 is 0 Å². The molecule has 1 aliphatic rings. The minimum absolute atomic E-state index is 0.156. The van der Waals surface area contributed by atoms with E-state index in [-0.39, 0.29) is 11.9 Å². The molecule has 10 heteroatoms. The zero-order valence-corrected chi connectivity index (χ0v) is 13.2. The largest absolute Gasteiger partial charge is 0.388 e. The second-order valence-corrected chi connectivity index (χ2v) is 6.06. The van der Waals surface area contributed by atoms with Crippen LogP contribution in [0.2, 0.25) is 0 Å². The average molecular weight is 337 g/mol. The van der Waals surface area contributed by atoms with E-state index in [1.165, 1.54) is 12.7 Å². The minimum Gasteiger partial charge on any atom is -0.388 e. The van der Waals surface area contributed by atoms with E-state index in [0.29, 0.717) is 24.1 Å². The van der Waals surface area contributed by atoms with Crippen LogP contribution in [0, 0.1) is 0 Å². The van der Waals surface area contributed by atoms with Crippen molar-refractivity contribution in [2.24, 2.45) is 11.5 Å². The van der Waals surface area contributed by atoms with Gasteiger partial charge in [-0.05, 0) is 25.8 Å². The first kappa shape index (κ1) is 17.0. The zero-order chi connectivity index (χ0) is 17.3. The highest BCUT2D eigenvalue weighted by Gasteiger charge is 2.44. The number of nitrogens with two attached hydrogens (primary N) is 3. The number of hydrogen-bond donors (Lipinski definition) is 5. The molecule has 0 radical (unpaired) electrons. The van der Waals surface area contributed by atoms with Gasteiger partial charge < -0.3 is 32.2 Å². The molecule has 0 aliphatic carbocycles. The first-order valence-electron chi connectivity index (χ1n) is 7.93. The second-order valence-electron chi connectivity index (χ2n) is 6.06. The fourth-order valence-electron chi connectivity index (χ4n) is 3.01. The molecular weight excluding hydrogens is 314 g/mol. The molecule has 1 fully saturated rings. The van der Waals surface area contributed by atoms with E-state index in [2.05, 4.69) is 15.0 Å². The van der Waals surface area contributed by atoms with Crippen LogP contribution >= 0.6 is 0 Å². The molecule has 1 aliphatic heterocycles. The summed E-state index contributed by atoms with van der Waals surface area (Å²) in [6.07, 6.45) is 1.19. The van der Waals surface area contributed by atoms with Crippen LogP contribution in [-0.2, 0) is 4.74 Å². The van der Waals surface area contributed by atoms with Gasteiger partial charge in [0, 0.05) is 6.04 Å². The van der Waals surface area contributed by atoms with Gasteiger partial charge in [0.25, 0.3) is 0 Å². The van der Waals surface area contributed by atoms with E-state index in [4.69, 9.17) is 21.9 Å². The SMILES string of the molecule is NCCC[C@H](N)C[C@H]1O[C@@H](n2cnc3c(N)ncnc32)[C@H](O)[C@@H]1O. The number of hydrogen-bond acceptors (Lipinski definition) is 9. The first-order valence-corrected chi connectivity index (χ1v) is 7.93. The molecule has 10 nitrogen and oxygen atoms in total. The molecule has 24 heavy (non-hydrogen) atoms. The quantitative estimate of drug-likeness (QED) is 0.420. The smallest absolute Gasteiger partial charge is 0.167 e. The Morgan fingerprint density at radius 1 is 1.25 bits per heavy atom. The van der Waals surface area contributed by atoms with Crippen molar-refractivity contribution in [2.45, 2.75) is 49.8 Å². The Hall–Kier alpha value is -1.85. The standard InChI is InChI=1S/C14H23N7O3/c15-3-1-2-7(16)4-8-10(22)11(23)14(24-8)21-6-20-9-12(17)18-5-19-13(9)21/h5-8,10-11,14,22-23H,1-4,15-16H2,(H2,17,18,19)/t7-,8+,10+,11+,14+/m0/s1. The van der Waals surface area contributed by atoms with Crippen LogP contribution in [0.3, 0.4) is 0 Å². The van der Waals surface area contributed by atoms with Crippen molar-refractivity contribution in [2.75, 3.05) is 12.3 Å². The molecule has 0 unspecified atom stereocenters. The fraction of sp³-hybridized carbons (Fsp3) is 0.643. The van der Waals surface area contributed by atoms with Crippen molar-refractivity contribution in [1.82, 2.24) is 19.5 Å². The Kier molecular flexibility index (Phi) is 4.92. The summed E-state index contributed by atoms with van der Waals surface area (Å²) in [6, 6.07) is -0.156. The van der Waals surface area contributed by atoms with E-state index < -0.39 is 24.5 Å². The molecule has 132 valence electrons. The van der Waals surface area contributed by atoms with Crippen LogP contribution < -0.4 is 17.2 Å². The van der Waals surface area contributed by atoms with Gasteiger partial charge in [0.2, 0.25) is 0 Å². The maximum absolute atomic E-state index is 10.4. The number of aliphatic hydroxyl groups is 2. The molecule has 0 bridgehead atoms. The van der Waals surface area contributed by atoms with E-state index in [1.807, 2.05) is 0 Å². The number of aliphatic hydroxyl groups excluding tert-OH is 2. The predicted molar refractivity (Wildman–Crippen MR) is 86.5 cm³/mol. The third-order valence-electron chi connectivity index (χ3n) is 4.31. The summed E-state index contributed by atoms with van der Waals surface area (Å²) >= 11 is 0. The third-order valence-corrected chi connectivity index (χ3v) is 4.31. The van der Waals surface area contributed by atoms with Gasteiger partial charge in [-0.25, -0.2) is 15.0 Å². The van der Waals surface area contributed by atoms with Crippen molar-refractivity contribution in [3.8, 4) is 0 Å². The van der Waals surface area contributed by atoms with Crippen LogP contribution in [0.1, 0.15) is 25.5 Å². The lowest BCUT2D eigenvalue weighted by molar-refractivity contribution is -0.0387. The van der Waals surface area contributed by atoms with Crippen LogP contribution in [0.15, 0.2) is 12.7 Å². The van der Waals surface area contributed by atoms with Gasteiger partial charge in [-0.3, -0.25) is 4.57 Å². The molecule has 0 aromatic carbocycles. The summed E-state index contributed by atoms with van der Waals surface area (Å²) in [5.41, 5.74) is 18.1. The van der Waals surface area contributed by atoms with Gasteiger partial charge in [0.1, 0.15) is 24.1 Å². The Morgan fingerprint density at radius 3 is 2.79 bits per heavy atom. The lowest BCUT2D eigenvalue weighted by Gasteiger charge is -2.19. The Balaban J connectivity index is 1.78. The van der Waals surface area contributed by atoms with Crippen molar-refractivity contribution in [3.05, 3.63) is 12.7 Å². The second kappa shape index (κ2) is 6.95. The number of anilines is 1. The summed E-state index contributed by atoms with van der Waals surface area (Å²) in [5.74, 6) is 0.243. The number of nitrogen functional groups attached to an aromatic ring is 1. The highest BCUT2D eigenvalue weighted by molar-refractivity contribution is 5.81. The van der Waals surface area contributed by atoms with Crippen molar-refractivity contribution >= 4 is 17.0 Å². The van der Waals surface area contributed by atoms with Gasteiger partial charge in [-0.15, -0.1) is 0 Å². The topological polar surface area (TPSA) is 171 Å². The lowest BCUT2D eigenvalue weighted by atomic mass is 10.0. The van der Waals surface area contributed by atoms with Gasteiger partial charge in [0.15, 0.2) is 17.7 Å². The molecule has 0 amide bonds. The molecule has 8 N–H and O–H groups in total. The fourth-order valence-corrected chi connectivity index (χ4v) is 3.01. The molecule has 2 aromatic rings. The number of nitrogens with zero attached hydrogens (tertiary/aromatic N) is 4. The molecule has 1 saturated heterocycles. The van der Waals surface area contributed by atoms with Gasteiger partial charge in [-0.2, -0.15) is 0 Å². The van der Waals surface area contributed by atoms with Crippen LogP contribution in [0.4, 0.5) is 5.82 Å². The van der Waals surface area contributed by atoms with E-state index in [9.17, 15) is 10.2 Å². The van der Waals surface area contributed by atoms with E-state index in [0.717, 1.165) is 12.8 Å². The summed E-state index contributed by atoms with van der Waals surface area (Å²) in [6.45, 7) is 0.565. The third kappa shape index (κ3) is 3.06. The Labute approximate surface area is 138 Å². The van der Waals surface area contributed by atoms with Crippen LogP contribution in [-0.4, -0.2) is 60.6 Å². The highest BCUT2D eigenvalue weighted by atomic mass is 16.6. The number of ether oxygens (including phenoxy) is 1. The minimum atomic E-state index is -1.12. The number of aromatic nitrogens is 4. The number of imidazole rings is 1. The zero-order valence-electron chi connectivity index (χ0n) is 13.2. The molecule has 3 heterocycles. The molecule has 3 rings (SSSR count). The summed E-state index contributed by atoms with van der Waals surface area (Å²) in [7, 11) is 0. The number of fused-ring (bicyclic) bond motifs is 1. The number of rotatable bonds is 6. The van der Waals surface area contributed by atoms with Crippen molar-refractivity contribution in [1.29, 1.82) is 0 Å². The van der Waals surface area contributed by atoms with Gasteiger partial charge in [-0.1, -0.05) is 0 Å². The maximum Gasteiger partial charge on any atom is 0.167 e. The van der Waals surface area contributed by atoms with Crippen LogP contribution in [0.5, 0.6) is 0 Å². The van der Waals surface area contributed by atoms with Crippen LogP contribution in [0.25, 0.3) is 11.2 Å². The Morgan fingerprint density at radius 2 is 2.04 bits per heavy atom. The lowest BCUT2D eigenvalue weighted by Crippen LogP contribution is -2.35. The summed E-state index contributed by atoms with van der Waals surface area (Å²) in [5, 5.41) is 20.6. The Bertz CT molecular complexity index is 694. The predicted octanol–water partition coefficient (Wildman–Crippen LogP) is -1.52. The van der Waals surface area contributed by atoms with E-state index in [1.54, 1.807) is 4.57 Å².